The second-order valence-electron chi connectivity index (χ2n) is 4.33. The average Bonchev–Trinajstić information content (AvgIpc) is 3.10. The van der Waals surface area contributed by atoms with Crippen molar-refractivity contribution in [3.63, 3.8) is 0 Å². The predicted octanol–water partition coefficient (Wildman–Crippen LogP) is 2.38. The molecule has 1 aromatic rings. The van der Waals surface area contributed by atoms with Crippen LogP contribution in [-0.2, 0) is 10.0 Å². The summed E-state index contributed by atoms with van der Waals surface area (Å²) in [6, 6.07) is 0. The van der Waals surface area contributed by atoms with E-state index in [2.05, 4.69) is 9.68 Å². The van der Waals surface area contributed by atoms with Crippen LogP contribution in [0.5, 0.6) is 0 Å². The SMILES string of the molecule is O=S(=O)(NCC(F)(F)C(F)F)c1onc(C2CC2)c1Cl. The molecule has 1 aliphatic carbocycles. The summed E-state index contributed by atoms with van der Waals surface area (Å²) in [5, 5.41) is 2.32. The Labute approximate surface area is 116 Å². The van der Waals surface area contributed by atoms with Gasteiger partial charge in [-0.3, -0.25) is 0 Å². The number of sulfonamides is 1. The predicted molar refractivity (Wildman–Crippen MR) is 59.6 cm³/mol. The Morgan fingerprint density at radius 1 is 1.45 bits per heavy atom. The van der Waals surface area contributed by atoms with Gasteiger partial charge in [-0.2, -0.15) is 8.78 Å². The van der Waals surface area contributed by atoms with E-state index in [-0.39, 0.29) is 16.6 Å². The van der Waals surface area contributed by atoms with Crippen molar-refractivity contribution in [1.29, 1.82) is 0 Å². The molecule has 0 aromatic carbocycles. The summed E-state index contributed by atoms with van der Waals surface area (Å²) in [7, 11) is -4.57. The maximum absolute atomic E-state index is 12.7. The fourth-order valence-electron chi connectivity index (χ4n) is 1.39. The van der Waals surface area contributed by atoms with Crippen molar-refractivity contribution in [2.45, 2.75) is 36.2 Å². The van der Waals surface area contributed by atoms with Crippen LogP contribution in [0, 0.1) is 0 Å². The first-order chi connectivity index (χ1) is 9.15. The summed E-state index contributed by atoms with van der Waals surface area (Å²) < 4.78 is 78.4. The van der Waals surface area contributed by atoms with E-state index in [1.165, 1.54) is 4.72 Å². The molecule has 20 heavy (non-hydrogen) atoms. The zero-order valence-corrected chi connectivity index (χ0v) is 11.3. The Morgan fingerprint density at radius 3 is 2.55 bits per heavy atom. The van der Waals surface area contributed by atoms with E-state index in [0.717, 1.165) is 12.8 Å². The molecular weight excluding hydrogens is 328 g/mol. The topological polar surface area (TPSA) is 72.2 Å². The lowest BCUT2D eigenvalue weighted by Crippen LogP contribution is -2.41. The van der Waals surface area contributed by atoms with Gasteiger partial charge in [-0.05, 0) is 12.8 Å². The van der Waals surface area contributed by atoms with Gasteiger partial charge >= 0.3 is 12.3 Å². The summed E-state index contributed by atoms with van der Waals surface area (Å²) >= 11 is 5.75. The molecule has 1 N–H and O–H groups in total. The minimum Gasteiger partial charge on any atom is -0.341 e. The number of alkyl halides is 4. The van der Waals surface area contributed by atoms with Crippen LogP contribution in [-0.4, -0.2) is 32.5 Å². The van der Waals surface area contributed by atoms with Crippen molar-refractivity contribution in [3.05, 3.63) is 10.7 Å². The number of hydrogen-bond acceptors (Lipinski definition) is 4. The Hall–Kier alpha value is -0.870. The first-order valence-corrected chi connectivity index (χ1v) is 7.32. The Bertz CT molecular complexity index is 600. The van der Waals surface area contributed by atoms with Gasteiger partial charge in [0.1, 0.15) is 10.7 Å². The van der Waals surface area contributed by atoms with Gasteiger partial charge in [0.2, 0.25) is 0 Å². The van der Waals surface area contributed by atoms with Gasteiger partial charge in [-0.1, -0.05) is 16.8 Å². The standard InChI is InChI=1S/C9H9ClF4N2O3S/c10-5-6(4-1-2-4)16-19-7(5)20(17,18)15-3-9(13,14)8(11)12/h4,8,15H,1-3H2. The summed E-state index contributed by atoms with van der Waals surface area (Å²) in [4.78, 5) is 0. The molecule has 0 bridgehead atoms. The van der Waals surface area contributed by atoms with Gasteiger partial charge in [0, 0.05) is 5.92 Å². The number of halogens is 5. The highest BCUT2D eigenvalue weighted by atomic mass is 35.5. The highest BCUT2D eigenvalue weighted by Crippen LogP contribution is 2.44. The third kappa shape index (κ3) is 3.07. The summed E-state index contributed by atoms with van der Waals surface area (Å²) in [5.41, 5.74) is 0.229. The lowest BCUT2D eigenvalue weighted by molar-refractivity contribution is -0.122. The molecule has 1 heterocycles. The molecule has 0 atom stereocenters. The van der Waals surface area contributed by atoms with Crippen LogP contribution in [0.4, 0.5) is 17.6 Å². The van der Waals surface area contributed by atoms with Crippen LogP contribution >= 0.6 is 11.6 Å². The Balaban J connectivity index is 2.14. The zero-order valence-electron chi connectivity index (χ0n) is 9.75. The smallest absolute Gasteiger partial charge is 0.320 e. The van der Waals surface area contributed by atoms with E-state index < -0.39 is 34.0 Å². The molecule has 0 radical (unpaired) electrons. The van der Waals surface area contributed by atoms with Crippen LogP contribution < -0.4 is 4.72 Å². The largest absolute Gasteiger partial charge is 0.341 e. The molecule has 1 aliphatic rings. The van der Waals surface area contributed by atoms with Crippen molar-refractivity contribution < 1.29 is 30.5 Å². The van der Waals surface area contributed by atoms with Crippen molar-refractivity contribution in [3.8, 4) is 0 Å². The van der Waals surface area contributed by atoms with Crippen LogP contribution in [0.2, 0.25) is 5.02 Å². The molecule has 1 fully saturated rings. The van der Waals surface area contributed by atoms with Crippen LogP contribution in [0.3, 0.4) is 0 Å². The Kier molecular flexibility index (Phi) is 4.00. The van der Waals surface area contributed by atoms with Gasteiger partial charge in [0.15, 0.2) is 0 Å². The summed E-state index contributed by atoms with van der Waals surface area (Å²) in [6.45, 7) is -1.76. The maximum atomic E-state index is 12.7. The minimum absolute atomic E-state index is 0.0160. The normalized spacial score (nSPS) is 16.9. The molecule has 1 saturated carbocycles. The molecule has 0 aliphatic heterocycles. The van der Waals surface area contributed by atoms with E-state index in [9.17, 15) is 26.0 Å². The van der Waals surface area contributed by atoms with Gasteiger partial charge < -0.3 is 4.52 Å². The van der Waals surface area contributed by atoms with Crippen LogP contribution in [0.25, 0.3) is 0 Å². The fourth-order valence-corrected chi connectivity index (χ4v) is 2.90. The third-order valence-electron chi connectivity index (χ3n) is 2.66. The van der Waals surface area contributed by atoms with E-state index in [1.54, 1.807) is 0 Å². The van der Waals surface area contributed by atoms with Gasteiger partial charge in [-0.25, -0.2) is 21.9 Å². The van der Waals surface area contributed by atoms with Crippen molar-refractivity contribution in [1.82, 2.24) is 9.88 Å². The van der Waals surface area contributed by atoms with Crippen molar-refractivity contribution in [2.75, 3.05) is 6.54 Å². The first kappa shape index (κ1) is 15.5. The van der Waals surface area contributed by atoms with Crippen LogP contribution in [0.15, 0.2) is 9.62 Å². The fraction of sp³-hybridized carbons (Fsp3) is 0.667. The molecule has 114 valence electrons. The molecule has 1 aromatic heterocycles. The number of hydrogen-bond donors (Lipinski definition) is 1. The number of rotatable bonds is 6. The second-order valence-corrected chi connectivity index (χ2v) is 6.37. The highest BCUT2D eigenvalue weighted by molar-refractivity contribution is 7.89. The lowest BCUT2D eigenvalue weighted by Gasteiger charge is -2.14. The minimum atomic E-state index is -4.57. The monoisotopic (exact) mass is 336 g/mol. The number of nitrogens with one attached hydrogen (secondary N) is 1. The molecule has 0 saturated heterocycles. The van der Waals surface area contributed by atoms with Gasteiger partial charge in [0.25, 0.3) is 15.1 Å². The first-order valence-electron chi connectivity index (χ1n) is 5.46. The molecule has 5 nitrogen and oxygen atoms in total. The van der Waals surface area contributed by atoms with Crippen molar-refractivity contribution in [2.24, 2.45) is 0 Å². The van der Waals surface area contributed by atoms with E-state index >= 15 is 0 Å². The molecule has 11 heteroatoms. The molecule has 0 amide bonds. The quantitative estimate of drug-likeness (QED) is 0.810. The second kappa shape index (κ2) is 5.15. The van der Waals surface area contributed by atoms with E-state index in [4.69, 9.17) is 11.6 Å². The molecular formula is C9H9ClF4N2O3S. The molecule has 0 unspecified atom stereocenters. The highest BCUT2D eigenvalue weighted by Gasteiger charge is 2.43. The number of aromatic nitrogens is 1. The molecule has 2 rings (SSSR count). The molecule has 0 spiro atoms. The van der Waals surface area contributed by atoms with Gasteiger partial charge in [-0.15, -0.1) is 0 Å². The summed E-state index contributed by atoms with van der Waals surface area (Å²) in [6.07, 6.45) is -2.46. The van der Waals surface area contributed by atoms with E-state index in [0.29, 0.717) is 0 Å². The van der Waals surface area contributed by atoms with E-state index in [1.807, 2.05) is 0 Å². The number of nitrogens with zero attached hydrogens (tertiary/aromatic N) is 1. The van der Waals surface area contributed by atoms with Crippen LogP contribution in [0.1, 0.15) is 24.5 Å². The van der Waals surface area contributed by atoms with Crippen molar-refractivity contribution >= 4 is 21.6 Å². The zero-order chi connectivity index (χ0) is 15.1. The maximum Gasteiger partial charge on any atom is 0.320 e. The Morgan fingerprint density at radius 2 is 2.05 bits per heavy atom. The lowest BCUT2D eigenvalue weighted by atomic mass is 10.3. The summed E-state index contributed by atoms with van der Waals surface area (Å²) in [5.74, 6) is -4.50. The third-order valence-corrected chi connectivity index (χ3v) is 4.42. The average molecular weight is 337 g/mol. The van der Waals surface area contributed by atoms with Gasteiger partial charge in [0.05, 0.1) is 6.54 Å².